The molecule has 0 fully saturated rings. The average molecular weight is 141 g/mol. The molecule has 2 nitrogen and oxygen atoms in total. The lowest BCUT2D eigenvalue weighted by molar-refractivity contribution is -0.138. The first-order valence-corrected chi connectivity index (χ1v) is 3.29. The summed E-state index contributed by atoms with van der Waals surface area (Å²) in [6, 6.07) is 0. The summed E-state index contributed by atoms with van der Waals surface area (Å²) in [7, 11) is 0. The van der Waals surface area contributed by atoms with Crippen LogP contribution in [0.1, 0.15) is 13.8 Å². The Kier molecular flexibility index (Phi) is 4.63. The minimum atomic E-state index is -0.294. The van der Waals surface area contributed by atoms with Gasteiger partial charge in [0.15, 0.2) is 0 Å². The molecule has 0 spiro atoms. The number of esters is 1. The van der Waals surface area contributed by atoms with E-state index in [0.29, 0.717) is 6.61 Å². The molecule has 0 rings (SSSR count). The molecular weight excluding hydrogens is 128 g/mol. The zero-order valence-electron chi connectivity index (χ0n) is 6.46. The molecule has 0 aromatic carbocycles. The van der Waals surface area contributed by atoms with Crippen LogP contribution in [0, 0.1) is 12.8 Å². The quantitative estimate of drug-likeness (QED) is 0.440. The number of allylic oxidation sites excluding steroid dienone is 1. The monoisotopic (exact) mass is 141 g/mol. The Balaban J connectivity index is 3.40. The highest BCUT2D eigenvalue weighted by Gasteiger charge is 1.97. The van der Waals surface area contributed by atoms with Gasteiger partial charge in [-0.05, 0) is 19.8 Å². The maximum absolute atomic E-state index is 10.6. The van der Waals surface area contributed by atoms with E-state index in [9.17, 15) is 4.79 Å². The van der Waals surface area contributed by atoms with Gasteiger partial charge in [-0.3, -0.25) is 0 Å². The maximum Gasteiger partial charge on any atom is 0.330 e. The van der Waals surface area contributed by atoms with Crippen molar-refractivity contribution in [2.24, 2.45) is 5.92 Å². The van der Waals surface area contributed by atoms with Crippen LogP contribution in [-0.2, 0) is 9.53 Å². The van der Waals surface area contributed by atoms with Crippen molar-refractivity contribution in [3.05, 3.63) is 19.1 Å². The molecule has 0 heterocycles. The minimum absolute atomic E-state index is 0.161. The van der Waals surface area contributed by atoms with Crippen LogP contribution in [-0.4, -0.2) is 12.6 Å². The zero-order valence-corrected chi connectivity index (χ0v) is 6.46. The molecule has 10 heavy (non-hydrogen) atoms. The van der Waals surface area contributed by atoms with Gasteiger partial charge in [-0.2, -0.15) is 0 Å². The van der Waals surface area contributed by atoms with Crippen molar-refractivity contribution in [2.45, 2.75) is 13.8 Å². The molecule has 0 bridgehead atoms. The van der Waals surface area contributed by atoms with Gasteiger partial charge in [-0.1, -0.05) is 13.0 Å². The second-order valence-corrected chi connectivity index (χ2v) is 2.24. The normalized spacial score (nSPS) is 10.8. The molecular formula is C8H13O2. The summed E-state index contributed by atoms with van der Waals surface area (Å²) < 4.78 is 4.76. The third-order valence-corrected chi connectivity index (χ3v) is 0.813. The Morgan fingerprint density at radius 2 is 2.40 bits per heavy atom. The number of carbonyl (C=O) groups is 1. The lowest BCUT2D eigenvalue weighted by Crippen LogP contribution is -2.07. The van der Waals surface area contributed by atoms with Crippen molar-refractivity contribution in [1.29, 1.82) is 0 Å². The van der Waals surface area contributed by atoms with Crippen molar-refractivity contribution in [3.8, 4) is 0 Å². The summed E-state index contributed by atoms with van der Waals surface area (Å²) in [6.07, 6.45) is 3.04. The second-order valence-electron chi connectivity index (χ2n) is 2.24. The number of hydrogen-bond acceptors (Lipinski definition) is 2. The third kappa shape index (κ3) is 5.35. The number of rotatable bonds is 3. The SMILES string of the molecule is [CH2]C(C)COC(=O)C=CC. The number of hydrogen-bond donors (Lipinski definition) is 0. The predicted molar refractivity (Wildman–Crippen MR) is 40.3 cm³/mol. The van der Waals surface area contributed by atoms with E-state index in [1.54, 1.807) is 13.0 Å². The van der Waals surface area contributed by atoms with Crippen LogP contribution in [0.5, 0.6) is 0 Å². The van der Waals surface area contributed by atoms with Crippen molar-refractivity contribution < 1.29 is 9.53 Å². The van der Waals surface area contributed by atoms with Crippen LogP contribution in [0.25, 0.3) is 0 Å². The third-order valence-electron chi connectivity index (χ3n) is 0.813. The van der Waals surface area contributed by atoms with Crippen LogP contribution in [0.4, 0.5) is 0 Å². The molecule has 0 aliphatic carbocycles. The van der Waals surface area contributed by atoms with Crippen LogP contribution >= 0.6 is 0 Å². The number of carbonyl (C=O) groups excluding carboxylic acids is 1. The Hall–Kier alpha value is -0.790. The van der Waals surface area contributed by atoms with Gasteiger partial charge in [0.05, 0.1) is 6.61 Å². The van der Waals surface area contributed by atoms with Crippen LogP contribution in [0.15, 0.2) is 12.2 Å². The second kappa shape index (κ2) is 5.03. The zero-order chi connectivity index (χ0) is 7.98. The fourth-order valence-corrected chi connectivity index (χ4v) is 0.409. The molecule has 0 aliphatic heterocycles. The van der Waals surface area contributed by atoms with Gasteiger partial charge in [0.2, 0.25) is 0 Å². The number of ether oxygens (including phenoxy) is 1. The minimum Gasteiger partial charge on any atom is -0.462 e. The van der Waals surface area contributed by atoms with Crippen molar-refractivity contribution in [1.82, 2.24) is 0 Å². The lowest BCUT2D eigenvalue weighted by atomic mass is 10.2. The summed E-state index contributed by atoms with van der Waals surface area (Å²) in [6.45, 7) is 7.73. The molecule has 1 radical (unpaired) electrons. The van der Waals surface area contributed by atoms with Gasteiger partial charge >= 0.3 is 5.97 Å². The van der Waals surface area contributed by atoms with Crippen LogP contribution in [0.3, 0.4) is 0 Å². The van der Waals surface area contributed by atoms with Crippen molar-refractivity contribution >= 4 is 5.97 Å². The van der Waals surface area contributed by atoms with Crippen molar-refractivity contribution in [3.63, 3.8) is 0 Å². The smallest absolute Gasteiger partial charge is 0.330 e. The van der Waals surface area contributed by atoms with Gasteiger partial charge in [-0.15, -0.1) is 0 Å². The van der Waals surface area contributed by atoms with E-state index in [1.165, 1.54) is 6.08 Å². The van der Waals surface area contributed by atoms with Gasteiger partial charge in [0.25, 0.3) is 0 Å². The van der Waals surface area contributed by atoms with Gasteiger partial charge < -0.3 is 4.74 Å². The lowest BCUT2D eigenvalue weighted by Gasteiger charge is -2.03. The van der Waals surface area contributed by atoms with E-state index < -0.39 is 0 Å². The van der Waals surface area contributed by atoms with Gasteiger partial charge in [0, 0.05) is 6.08 Å². The highest BCUT2D eigenvalue weighted by molar-refractivity contribution is 5.81. The first-order valence-electron chi connectivity index (χ1n) is 3.29. The fraction of sp³-hybridized carbons (Fsp3) is 0.500. The Morgan fingerprint density at radius 3 is 2.80 bits per heavy atom. The van der Waals surface area contributed by atoms with E-state index in [0.717, 1.165) is 0 Å². The highest BCUT2D eigenvalue weighted by atomic mass is 16.5. The molecule has 2 heteroatoms. The van der Waals surface area contributed by atoms with Crippen LogP contribution < -0.4 is 0 Å². The molecule has 0 saturated heterocycles. The fourth-order valence-electron chi connectivity index (χ4n) is 0.409. The van der Waals surface area contributed by atoms with Gasteiger partial charge in [-0.25, -0.2) is 4.79 Å². The Morgan fingerprint density at radius 1 is 1.80 bits per heavy atom. The van der Waals surface area contributed by atoms with E-state index in [1.807, 2.05) is 6.92 Å². The summed E-state index contributed by atoms with van der Waals surface area (Å²) >= 11 is 0. The molecule has 0 saturated carbocycles. The standard InChI is InChI=1S/C8H13O2/c1-4-5-8(9)10-6-7(2)3/h4-5,7H,2,6H2,1,3H3. The molecule has 0 N–H and O–H groups in total. The van der Waals surface area contributed by atoms with E-state index >= 15 is 0 Å². The highest BCUT2D eigenvalue weighted by Crippen LogP contribution is 1.92. The van der Waals surface area contributed by atoms with E-state index in [-0.39, 0.29) is 11.9 Å². The molecule has 0 amide bonds. The largest absolute Gasteiger partial charge is 0.462 e. The van der Waals surface area contributed by atoms with E-state index in [4.69, 9.17) is 4.74 Å². The summed E-state index contributed by atoms with van der Waals surface area (Å²) in [5.41, 5.74) is 0. The molecule has 1 unspecified atom stereocenters. The molecule has 0 aromatic rings. The summed E-state index contributed by atoms with van der Waals surface area (Å²) in [4.78, 5) is 10.6. The maximum atomic E-state index is 10.6. The van der Waals surface area contributed by atoms with Gasteiger partial charge in [0.1, 0.15) is 0 Å². The topological polar surface area (TPSA) is 26.3 Å². The first kappa shape index (κ1) is 9.21. The summed E-state index contributed by atoms with van der Waals surface area (Å²) in [5, 5.41) is 0. The average Bonchev–Trinajstić information content (AvgIpc) is 1.85. The predicted octanol–water partition coefficient (Wildman–Crippen LogP) is 1.58. The molecule has 0 aliphatic rings. The molecule has 1 atom stereocenters. The Labute approximate surface area is 61.9 Å². The van der Waals surface area contributed by atoms with E-state index in [2.05, 4.69) is 6.92 Å². The molecule has 57 valence electrons. The first-order chi connectivity index (χ1) is 4.66. The van der Waals surface area contributed by atoms with Crippen LogP contribution in [0.2, 0.25) is 0 Å². The Bertz CT molecular complexity index is 125. The molecule has 0 aromatic heterocycles. The summed E-state index contributed by atoms with van der Waals surface area (Å²) in [5.74, 6) is -0.132. The van der Waals surface area contributed by atoms with Crippen molar-refractivity contribution in [2.75, 3.05) is 6.61 Å².